The van der Waals surface area contributed by atoms with Crippen molar-refractivity contribution in [3.63, 3.8) is 0 Å². The molecule has 1 saturated heterocycles. The lowest BCUT2D eigenvalue weighted by molar-refractivity contribution is -0.164. The second kappa shape index (κ2) is 9.03. The third-order valence-corrected chi connectivity index (χ3v) is 6.06. The van der Waals surface area contributed by atoms with Crippen LogP contribution >= 0.6 is 0 Å². The molecule has 3 aliphatic heterocycles. The zero-order valence-corrected chi connectivity index (χ0v) is 18.6. The zero-order valence-electron chi connectivity index (χ0n) is 18.6. The van der Waals surface area contributed by atoms with E-state index >= 15 is 0 Å². The third-order valence-electron chi connectivity index (χ3n) is 6.06. The molecule has 1 N–H and O–H groups in total. The van der Waals surface area contributed by atoms with Gasteiger partial charge < -0.3 is 38.3 Å². The van der Waals surface area contributed by atoms with Crippen LogP contribution in [0.25, 0.3) is 0 Å². The van der Waals surface area contributed by atoms with Gasteiger partial charge in [0, 0.05) is 19.8 Å². The number of aliphatic hydroxyl groups excluding tert-OH is 1. The average Bonchev–Trinajstić information content (AvgIpc) is 3.54. The molecular formula is C24H24O10. The van der Waals surface area contributed by atoms with E-state index in [1.165, 1.54) is 13.8 Å². The number of hydrogen-bond donors (Lipinski definition) is 1. The lowest BCUT2D eigenvalue weighted by Gasteiger charge is -2.33. The molecule has 0 spiro atoms. The molecule has 2 aromatic carbocycles. The summed E-state index contributed by atoms with van der Waals surface area (Å²) in [4.78, 5) is 24.1. The van der Waals surface area contributed by atoms with E-state index in [9.17, 15) is 14.7 Å². The van der Waals surface area contributed by atoms with Gasteiger partial charge in [0.05, 0.1) is 12.5 Å². The fourth-order valence-electron chi connectivity index (χ4n) is 4.62. The molecule has 180 valence electrons. The maximum absolute atomic E-state index is 12.1. The maximum Gasteiger partial charge on any atom is 0.303 e. The van der Waals surface area contributed by atoms with Gasteiger partial charge in [0.15, 0.2) is 29.3 Å². The first-order valence-corrected chi connectivity index (χ1v) is 10.8. The lowest BCUT2D eigenvalue weighted by Crippen LogP contribution is -2.34. The summed E-state index contributed by atoms with van der Waals surface area (Å²) in [7, 11) is 0. The highest BCUT2D eigenvalue weighted by molar-refractivity contribution is 5.67. The van der Waals surface area contributed by atoms with Crippen LogP contribution in [0, 0.1) is 11.8 Å². The number of fused-ring (bicyclic) bond motifs is 2. The SMILES string of the molecule is CC(=O)O[C@@H](c1ccc2c(c1)OCO2)[C@H]1COC(O)[C@@H]1[C@@H](OC(C)=O)c1ccc2c(c1)OCO2. The van der Waals surface area contributed by atoms with E-state index in [2.05, 4.69) is 0 Å². The van der Waals surface area contributed by atoms with Gasteiger partial charge in [-0.1, -0.05) is 12.1 Å². The van der Waals surface area contributed by atoms with Crippen LogP contribution in [0.3, 0.4) is 0 Å². The van der Waals surface area contributed by atoms with E-state index < -0.39 is 42.3 Å². The van der Waals surface area contributed by atoms with E-state index in [1.807, 2.05) is 0 Å². The summed E-state index contributed by atoms with van der Waals surface area (Å²) >= 11 is 0. The molecule has 0 aliphatic carbocycles. The first-order valence-electron chi connectivity index (χ1n) is 10.8. The summed E-state index contributed by atoms with van der Waals surface area (Å²) in [6, 6.07) is 10.4. The van der Waals surface area contributed by atoms with Gasteiger partial charge in [-0.3, -0.25) is 9.59 Å². The van der Waals surface area contributed by atoms with E-state index in [1.54, 1.807) is 36.4 Å². The van der Waals surface area contributed by atoms with Gasteiger partial charge in [-0.05, 0) is 35.4 Å². The molecule has 3 heterocycles. The van der Waals surface area contributed by atoms with Gasteiger partial charge in [-0.15, -0.1) is 0 Å². The summed E-state index contributed by atoms with van der Waals surface area (Å²) in [5.74, 6) is -0.147. The molecule has 0 radical (unpaired) electrons. The molecule has 1 fully saturated rings. The summed E-state index contributed by atoms with van der Waals surface area (Å²) in [6.07, 6.45) is -2.98. The Hall–Kier alpha value is -3.50. The minimum absolute atomic E-state index is 0.0700. The normalized spacial score (nSPS) is 23.9. The van der Waals surface area contributed by atoms with Crippen LogP contribution in [0.4, 0.5) is 0 Å². The van der Waals surface area contributed by atoms with Crippen LogP contribution in [0.15, 0.2) is 36.4 Å². The molecule has 5 rings (SSSR count). The molecule has 0 bridgehead atoms. The molecular weight excluding hydrogens is 448 g/mol. The van der Waals surface area contributed by atoms with Crippen LogP contribution in [-0.4, -0.2) is 43.5 Å². The van der Waals surface area contributed by atoms with Crippen LogP contribution < -0.4 is 18.9 Å². The first kappa shape index (κ1) is 22.3. The minimum atomic E-state index is -1.27. The molecule has 1 unspecified atom stereocenters. The fourth-order valence-corrected chi connectivity index (χ4v) is 4.62. The van der Waals surface area contributed by atoms with Gasteiger partial charge in [0.1, 0.15) is 12.2 Å². The van der Waals surface area contributed by atoms with Gasteiger partial charge >= 0.3 is 11.9 Å². The van der Waals surface area contributed by atoms with Crippen LogP contribution in [0.2, 0.25) is 0 Å². The molecule has 10 nitrogen and oxygen atoms in total. The molecule has 34 heavy (non-hydrogen) atoms. The van der Waals surface area contributed by atoms with Crippen molar-refractivity contribution in [1.29, 1.82) is 0 Å². The number of esters is 2. The van der Waals surface area contributed by atoms with Crippen molar-refractivity contribution in [3.05, 3.63) is 47.5 Å². The van der Waals surface area contributed by atoms with Crippen molar-refractivity contribution in [2.24, 2.45) is 11.8 Å². The van der Waals surface area contributed by atoms with Crippen molar-refractivity contribution in [1.82, 2.24) is 0 Å². The quantitative estimate of drug-likeness (QED) is 0.629. The molecule has 0 aromatic heterocycles. The average molecular weight is 472 g/mol. The molecule has 2 aromatic rings. The monoisotopic (exact) mass is 472 g/mol. The van der Waals surface area contributed by atoms with E-state index in [0.29, 0.717) is 34.1 Å². The van der Waals surface area contributed by atoms with Crippen molar-refractivity contribution in [2.75, 3.05) is 20.2 Å². The summed E-state index contributed by atoms with van der Waals surface area (Å²) in [6.45, 7) is 2.86. The van der Waals surface area contributed by atoms with Crippen molar-refractivity contribution in [3.8, 4) is 23.0 Å². The number of benzene rings is 2. The van der Waals surface area contributed by atoms with Gasteiger partial charge in [-0.2, -0.15) is 0 Å². The van der Waals surface area contributed by atoms with Crippen molar-refractivity contribution >= 4 is 11.9 Å². The minimum Gasteiger partial charge on any atom is -0.457 e. The molecule has 0 saturated carbocycles. The number of carbonyl (C=O) groups is 2. The molecule has 5 atom stereocenters. The number of aliphatic hydroxyl groups is 1. The topological polar surface area (TPSA) is 119 Å². The van der Waals surface area contributed by atoms with Crippen LogP contribution in [-0.2, 0) is 23.8 Å². The Morgan fingerprint density at radius 2 is 1.32 bits per heavy atom. The summed E-state index contributed by atoms with van der Waals surface area (Å²) in [5, 5.41) is 10.8. The van der Waals surface area contributed by atoms with Gasteiger partial charge in [0.25, 0.3) is 0 Å². The largest absolute Gasteiger partial charge is 0.457 e. The molecule has 10 heteroatoms. The Bertz CT molecular complexity index is 1100. The van der Waals surface area contributed by atoms with Gasteiger partial charge in [0.2, 0.25) is 13.6 Å². The predicted octanol–water partition coefficient (Wildman–Crippen LogP) is 2.63. The van der Waals surface area contributed by atoms with E-state index in [-0.39, 0.29) is 20.2 Å². The van der Waals surface area contributed by atoms with Crippen LogP contribution in [0.5, 0.6) is 23.0 Å². The Morgan fingerprint density at radius 3 is 1.88 bits per heavy atom. The van der Waals surface area contributed by atoms with Gasteiger partial charge in [-0.25, -0.2) is 0 Å². The van der Waals surface area contributed by atoms with E-state index in [4.69, 9.17) is 33.2 Å². The third kappa shape index (κ3) is 4.22. The fraction of sp³-hybridized carbons (Fsp3) is 0.417. The van der Waals surface area contributed by atoms with Crippen molar-refractivity contribution < 1.29 is 47.9 Å². The standard InChI is InChI=1S/C24H24O10/c1-12(25)33-22(14-3-5-17-19(7-14)31-10-29-17)16-9-28-24(27)21(16)23(34-13(2)26)15-4-6-18-20(8-15)32-11-30-18/h3-8,16,21-24,27H,9-11H2,1-2H3/t16-,21-,22-,23-,24?/m0/s1. The molecule has 3 aliphatic rings. The number of carbonyl (C=O) groups excluding carboxylic acids is 2. The second-order valence-corrected chi connectivity index (χ2v) is 8.25. The number of ether oxygens (including phenoxy) is 7. The highest BCUT2D eigenvalue weighted by atomic mass is 16.7. The Morgan fingerprint density at radius 1 is 0.824 bits per heavy atom. The maximum atomic E-state index is 12.1. The highest BCUT2D eigenvalue weighted by Crippen LogP contribution is 2.48. The summed E-state index contributed by atoms with van der Waals surface area (Å²) in [5.41, 5.74) is 1.23. The smallest absolute Gasteiger partial charge is 0.303 e. The first-order chi connectivity index (χ1) is 16.4. The summed E-state index contributed by atoms with van der Waals surface area (Å²) < 4.78 is 38.7. The Balaban J connectivity index is 1.53. The molecule has 0 amide bonds. The zero-order chi connectivity index (χ0) is 23.8. The van der Waals surface area contributed by atoms with Crippen molar-refractivity contribution in [2.45, 2.75) is 32.3 Å². The Labute approximate surface area is 195 Å². The number of rotatable bonds is 6. The predicted molar refractivity (Wildman–Crippen MR) is 113 cm³/mol. The Kier molecular flexibility index (Phi) is 5.93. The van der Waals surface area contributed by atoms with Crippen LogP contribution in [0.1, 0.15) is 37.2 Å². The highest BCUT2D eigenvalue weighted by Gasteiger charge is 2.49. The van der Waals surface area contributed by atoms with E-state index in [0.717, 1.165) is 0 Å². The number of hydrogen-bond acceptors (Lipinski definition) is 10. The lowest BCUT2D eigenvalue weighted by atomic mass is 9.80. The second-order valence-electron chi connectivity index (χ2n) is 8.25.